The van der Waals surface area contributed by atoms with E-state index in [1.165, 1.54) is 0 Å². The molecule has 1 aliphatic rings. The van der Waals surface area contributed by atoms with Gasteiger partial charge >= 0.3 is 0 Å². The predicted octanol–water partition coefficient (Wildman–Crippen LogP) is 0.944. The summed E-state index contributed by atoms with van der Waals surface area (Å²) < 4.78 is 7.05. The van der Waals surface area contributed by atoms with Crippen molar-refractivity contribution < 1.29 is 9.53 Å². The lowest BCUT2D eigenvalue weighted by Gasteiger charge is -2.36. The van der Waals surface area contributed by atoms with E-state index < -0.39 is 0 Å². The summed E-state index contributed by atoms with van der Waals surface area (Å²) in [6, 6.07) is 7.97. The van der Waals surface area contributed by atoms with Crippen molar-refractivity contribution in [2.75, 3.05) is 38.2 Å². The first-order chi connectivity index (χ1) is 11.2. The minimum absolute atomic E-state index is 0.0817. The van der Waals surface area contributed by atoms with Crippen LogP contribution in [0.5, 0.6) is 5.75 Å². The SMILES string of the molecule is COc1ccccc1N1CCN(C(=O)Cn2nncc2C)CC1. The fourth-order valence-electron chi connectivity index (χ4n) is 2.78. The molecule has 0 bridgehead atoms. The number of benzene rings is 1. The Balaban J connectivity index is 1.60. The molecular weight excluding hydrogens is 294 g/mol. The maximum Gasteiger partial charge on any atom is 0.244 e. The molecule has 0 radical (unpaired) electrons. The zero-order valence-corrected chi connectivity index (χ0v) is 13.5. The summed E-state index contributed by atoms with van der Waals surface area (Å²) in [7, 11) is 1.68. The molecule has 7 heteroatoms. The molecule has 1 saturated heterocycles. The summed E-state index contributed by atoms with van der Waals surface area (Å²) >= 11 is 0. The van der Waals surface area contributed by atoms with Gasteiger partial charge < -0.3 is 14.5 Å². The number of hydrogen-bond acceptors (Lipinski definition) is 5. The van der Waals surface area contributed by atoms with Gasteiger partial charge in [-0.2, -0.15) is 0 Å². The number of para-hydroxylation sites is 2. The van der Waals surface area contributed by atoms with E-state index >= 15 is 0 Å². The molecule has 0 atom stereocenters. The lowest BCUT2D eigenvalue weighted by molar-refractivity contribution is -0.132. The van der Waals surface area contributed by atoms with Gasteiger partial charge in [-0.3, -0.25) is 4.79 Å². The third-order valence-corrected chi connectivity index (χ3v) is 4.15. The zero-order valence-electron chi connectivity index (χ0n) is 13.5. The molecule has 1 amide bonds. The number of aromatic nitrogens is 3. The van der Waals surface area contributed by atoms with Crippen molar-refractivity contribution in [3.05, 3.63) is 36.2 Å². The highest BCUT2D eigenvalue weighted by Crippen LogP contribution is 2.28. The van der Waals surface area contributed by atoms with Crippen molar-refractivity contribution in [2.24, 2.45) is 0 Å². The average molecular weight is 315 g/mol. The van der Waals surface area contributed by atoms with E-state index in [-0.39, 0.29) is 12.5 Å². The molecule has 0 spiro atoms. The standard InChI is InChI=1S/C16H21N5O2/c1-13-11-17-18-21(13)12-16(22)20-9-7-19(8-10-20)14-5-3-4-6-15(14)23-2/h3-6,11H,7-10,12H2,1-2H3. The van der Waals surface area contributed by atoms with Crippen molar-refractivity contribution in [2.45, 2.75) is 13.5 Å². The van der Waals surface area contributed by atoms with Crippen LogP contribution in [0.3, 0.4) is 0 Å². The molecular formula is C16H21N5O2. The van der Waals surface area contributed by atoms with Crippen molar-refractivity contribution in [3.63, 3.8) is 0 Å². The summed E-state index contributed by atoms with van der Waals surface area (Å²) in [5, 5.41) is 7.74. The molecule has 0 saturated carbocycles. The first-order valence-corrected chi connectivity index (χ1v) is 7.70. The lowest BCUT2D eigenvalue weighted by Crippen LogP contribution is -2.49. The minimum Gasteiger partial charge on any atom is -0.495 e. The topological polar surface area (TPSA) is 63.5 Å². The Bertz CT molecular complexity index is 677. The normalized spacial score (nSPS) is 14.9. The van der Waals surface area contributed by atoms with Crippen LogP contribution in [0.1, 0.15) is 5.69 Å². The highest BCUT2D eigenvalue weighted by molar-refractivity contribution is 5.76. The predicted molar refractivity (Wildman–Crippen MR) is 86.5 cm³/mol. The second-order valence-corrected chi connectivity index (χ2v) is 5.57. The molecule has 1 aromatic carbocycles. The van der Waals surface area contributed by atoms with Crippen LogP contribution in [0.15, 0.2) is 30.5 Å². The van der Waals surface area contributed by atoms with Crippen LogP contribution in [0.2, 0.25) is 0 Å². The second-order valence-electron chi connectivity index (χ2n) is 5.57. The molecule has 0 unspecified atom stereocenters. The van der Waals surface area contributed by atoms with Gasteiger partial charge in [0.05, 0.1) is 24.7 Å². The van der Waals surface area contributed by atoms with E-state index in [0.717, 1.165) is 30.2 Å². The molecule has 23 heavy (non-hydrogen) atoms. The number of carbonyl (C=O) groups excluding carboxylic acids is 1. The number of rotatable bonds is 4. The lowest BCUT2D eigenvalue weighted by atomic mass is 10.2. The molecule has 3 rings (SSSR count). The first kappa shape index (κ1) is 15.3. The van der Waals surface area contributed by atoms with E-state index in [1.807, 2.05) is 30.0 Å². The Labute approximate surface area is 135 Å². The van der Waals surface area contributed by atoms with Gasteiger partial charge in [0, 0.05) is 26.2 Å². The van der Waals surface area contributed by atoms with E-state index in [4.69, 9.17) is 4.74 Å². The molecule has 0 aliphatic carbocycles. The number of anilines is 1. The quantitative estimate of drug-likeness (QED) is 0.840. The number of nitrogens with zero attached hydrogens (tertiary/aromatic N) is 5. The highest BCUT2D eigenvalue weighted by atomic mass is 16.5. The second kappa shape index (κ2) is 6.68. The van der Waals surface area contributed by atoms with Crippen molar-refractivity contribution >= 4 is 11.6 Å². The fraction of sp³-hybridized carbons (Fsp3) is 0.438. The average Bonchev–Trinajstić information content (AvgIpc) is 3.00. The van der Waals surface area contributed by atoms with Crippen LogP contribution in [0.25, 0.3) is 0 Å². The van der Waals surface area contributed by atoms with Gasteiger partial charge in [0.2, 0.25) is 5.91 Å². The third-order valence-electron chi connectivity index (χ3n) is 4.15. The monoisotopic (exact) mass is 315 g/mol. The van der Waals surface area contributed by atoms with E-state index in [9.17, 15) is 4.79 Å². The number of ether oxygens (including phenoxy) is 1. The Hall–Kier alpha value is -2.57. The molecule has 1 fully saturated rings. The van der Waals surface area contributed by atoms with Gasteiger partial charge in [0.1, 0.15) is 12.3 Å². The van der Waals surface area contributed by atoms with Gasteiger partial charge in [-0.25, -0.2) is 4.68 Å². The Kier molecular flexibility index (Phi) is 4.45. The maximum atomic E-state index is 12.4. The number of carbonyl (C=O) groups is 1. The van der Waals surface area contributed by atoms with Crippen LogP contribution in [-0.2, 0) is 11.3 Å². The molecule has 2 heterocycles. The highest BCUT2D eigenvalue weighted by Gasteiger charge is 2.23. The van der Waals surface area contributed by atoms with Gasteiger partial charge in [-0.1, -0.05) is 17.3 Å². The molecule has 7 nitrogen and oxygen atoms in total. The van der Waals surface area contributed by atoms with E-state index in [1.54, 1.807) is 18.0 Å². The summed E-state index contributed by atoms with van der Waals surface area (Å²) in [6.07, 6.45) is 1.66. The smallest absolute Gasteiger partial charge is 0.244 e. The van der Waals surface area contributed by atoms with Crippen LogP contribution >= 0.6 is 0 Å². The number of methoxy groups -OCH3 is 1. The number of aryl methyl sites for hydroxylation is 1. The Morgan fingerprint density at radius 3 is 2.61 bits per heavy atom. The fourth-order valence-corrected chi connectivity index (χ4v) is 2.78. The van der Waals surface area contributed by atoms with Gasteiger partial charge in [0.25, 0.3) is 0 Å². The van der Waals surface area contributed by atoms with Gasteiger partial charge in [0.15, 0.2) is 0 Å². The first-order valence-electron chi connectivity index (χ1n) is 7.70. The Morgan fingerprint density at radius 2 is 1.96 bits per heavy atom. The Morgan fingerprint density at radius 1 is 1.22 bits per heavy atom. The molecule has 122 valence electrons. The van der Waals surface area contributed by atoms with Gasteiger partial charge in [-0.15, -0.1) is 5.10 Å². The zero-order chi connectivity index (χ0) is 16.2. The van der Waals surface area contributed by atoms with E-state index in [2.05, 4.69) is 21.3 Å². The summed E-state index contributed by atoms with van der Waals surface area (Å²) in [6.45, 7) is 5.13. The number of hydrogen-bond donors (Lipinski definition) is 0. The van der Waals surface area contributed by atoms with Gasteiger partial charge in [-0.05, 0) is 19.1 Å². The summed E-state index contributed by atoms with van der Waals surface area (Å²) in [4.78, 5) is 16.5. The number of piperazine rings is 1. The molecule has 1 aliphatic heterocycles. The van der Waals surface area contributed by atoms with Crippen LogP contribution in [-0.4, -0.2) is 59.1 Å². The van der Waals surface area contributed by atoms with Crippen LogP contribution in [0, 0.1) is 6.92 Å². The van der Waals surface area contributed by atoms with Crippen LogP contribution in [0.4, 0.5) is 5.69 Å². The van der Waals surface area contributed by atoms with Crippen molar-refractivity contribution in [3.8, 4) is 5.75 Å². The molecule has 1 aromatic heterocycles. The van der Waals surface area contributed by atoms with E-state index in [0.29, 0.717) is 13.1 Å². The van der Waals surface area contributed by atoms with Crippen LogP contribution < -0.4 is 9.64 Å². The minimum atomic E-state index is 0.0817. The maximum absolute atomic E-state index is 12.4. The largest absolute Gasteiger partial charge is 0.495 e. The van der Waals surface area contributed by atoms with Crippen molar-refractivity contribution in [1.29, 1.82) is 0 Å². The molecule has 0 N–H and O–H groups in total. The third kappa shape index (κ3) is 3.28. The number of amides is 1. The molecule has 2 aromatic rings. The summed E-state index contributed by atoms with van der Waals surface area (Å²) in [5.74, 6) is 0.948. The van der Waals surface area contributed by atoms with Crippen molar-refractivity contribution in [1.82, 2.24) is 19.9 Å². The summed E-state index contributed by atoms with van der Waals surface area (Å²) in [5.41, 5.74) is 1.97.